The third-order valence-electron chi connectivity index (χ3n) is 5.67. The van der Waals surface area contributed by atoms with Crippen LogP contribution >= 0.6 is 23.4 Å². The number of hydrogen-bond donors (Lipinski definition) is 1. The van der Waals surface area contributed by atoms with Gasteiger partial charge in [-0.1, -0.05) is 29.3 Å². The predicted octanol–water partition coefficient (Wildman–Crippen LogP) is 5.87. The van der Waals surface area contributed by atoms with Gasteiger partial charge in [-0.25, -0.2) is 0 Å². The van der Waals surface area contributed by atoms with Crippen LogP contribution in [0.25, 0.3) is 10.9 Å². The van der Waals surface area contributed by atoms with Crippen LogP contribution in [0.4, 0.5) is 0 Å². The number of benzene rings is 1. The van der Waals surface area contributed by atoms with Crippen molar-refractivity contribution >= 4 is 40.2 Å². The molecule has 0 atom stereocenters. The third kappa shape index (κ3) is 4.72. The number of carbonyl (C=O) groups is 1. The average Bonchev–Trinajstić information content (AvgIpc) is 2.71. The van der Waals surface area contributed by atoms with Gasteiger partial charge in [0.15, 0.2) is 0 Å². The molecule has 0 saturated carbocycles. The number of aryl methyl sites for hydroxylation is 1. The molecule has 1 heterocycles. The summed E-state index contributed by atoms with van der Waals surface area (Å²) in [6.07, 6.45) is 12.8. The summed E-state index contributed by atoms with van der Waals surface area (Å²) in [4.78, 5) is 18.5. The lowest BCUT2D eigenvalue weighted by Gasteiger charge is -2.20. The van der Waals surface area contributed by atoms with Gasteiger partial charge in [0.1, 0.15) is 0 Å². The number of fused-ring (bicyclic) bond motifs is 2. The van der Waals surface area contributed by atoms with E-state index in [0.29, 0.717) is 10.8 Å². The molecule has 2 aromatic rings. The maximum atomic E-state index is 12.4. The van der Waals surface area contributed by atoms with Crippen molar-refractivity contribution in [3.8, 4) is 0 Å². The quantitative estimate of drug-likeness (QED) is 0.475. The van der Waals surface area contributed by atoms with Crippen molar-refractivity contribution in [2.45, 2.75) is 62.7 Å². The zero-order valence-corrected chi connectivity index (χ0v) is 17.8. The Kier molecular flexibility index (Phi) is 6.58. The molecule has 2 aliphatic rings. The van der Waals surface area contributed by atoms with Gasteiger partial charge in [0.05, 0.1) is 11.3 Å². The Morgan fingerprint density at radius 2 is 2.00 bits per heavy atom. The number of rotatable bonds is 6. The first-order chi connectivity index (χ1) is 13.7. The van der Waals surface area contributed by atoms with Gasteiger partial charge in [-0.2, -0.15) is 0 Å². The van der Waals surface area contributed by atoms with Gasteiger partial charge < -0.3 is 5.32 Å². The van der Waals surface area contributed by atoms with Crippen LogP contribution in [0.5, 0.6) is 0 Å². The van der Waals surface area contributed by atoms with Crippen molar-refractivity contribution in [2.75, 3.05) is 12.3 Å². The van der Waals surface area contributed by atoms with Crippen molar-refractivity contribution in [3.05, 3.63) is 46.1 Å². The van der Waals surface area contributed by atoms with Gasteiger partial charge in [-0.05, 0) is 75.5 Å². The highest BCUT2D eigenvalue weighted by Crippen LogP contribution is 2.36. The summed E-state index contributed by atoms with van der Waals surface area (Å²) in [7, 11) is 0. The number of allylic oxidation sites excluding steroid dienone is 1. The van der Waals surface area contributed by atoms with E-state index in [9.17, 15) is 4.79 Å². The number of aromatic nitrogens is 1. The van der Waals surface area contributed by atoms with E-state index < -0.39 is 0 Å². The molecule has 4 rings (SSSR count). The van der Waals surface area contributed by atoms with Gasteiger partial charge in [0, 0.05) is 27.5 Å². The molecule has 5 heteroatoms. The van der Waals surface area contributed by atoms with Crippen LogP contribution < -0.4 is 5.32 Å². The van der Waals surface area contributed by atoms with Crippen molar-refractivity contribution in [3.63, 3.8) is 0 Å². The molecule has 2 aliphatic carbocycles. The highest BCUT2D eigenvalue weighted by atomic mass is 35.5. The summed E-state index contributed by atoms with van der Waals surface area (Å²) in [5.41, 5.74) is 4.98. The maximum Gasteiger partial charge on any atom is 0.230 e. The number of pyridine rings is 1. The Morgan fingerprint density at radius 1 is 1.14 bits per heavy atom. The Balaban J connectivity index is 1.43. The van der Waals surface area contributed by atoms with E-state index in [1.54, 1.807) is 11.8 Å². The van der Waals surface area contributed by atoms with E-state index in [0.717, 1.165) is 36.7 Å². The molecule has 28 heavy (non-hydrogen) atoms. The van der Waals surface area contributed by atoms with Gasteiger partial charge in [-0.15, -0.1) is 11.8 Å². The lowest BCUT2D eigenvalue weighted by Crippen LogP contribution is -2.26. The summed E-state index contributed by atoms with van der Waals surface area (Å²) in [5, 5.41) is 4.93. The van der Waals surface area contributed by atoms with Crippen LogP contribution in [-0.2, 0) is 17.6 Å². The Morgan fingerprint density at radius 3 is 2.86 bits per heavy atom. The van der Waals surface area contributed by atoms with Gasteiger partial charge in [0.2, 0.25) is 5.91 Å². The fourth-order valence-corrected chi connectivity index (χ4v) is 5.47. The molecule has 1 aromatic heterocycles. The van der Waals surface area contributed by atoms with Crippen LogP contribution in [0.1, 0.15) is 56.2 Å². The third-order valence-corrected chi connectivity index (χ3v) is 7.07. The fraction of sp³-hybridized carbons (Fsp3) is 0.478. The minimum absolute atomic E-state index is 0.116. The zero-order valence-electron chi connectivity index (χ0n) is 16.2. The number of thioether (sulfide) groups is 1. The molecule has 0 radical (unpaired) electrons. The van der Waals surface area contributed by atoms with Crippen molar-refractivity contribution in [1.82, 2.24) is 10.3 Å². The minimum Gasteiger partial charge on any atom is -0.355 e. The molecular formula is C23H27ClN2OS. The molecule has 1 N–H and O–H groups in total. The van der Waals surface area contributed by atoms with E-state index in [1.807, 2.05) is 12.1 Å². The smallest absolute Gasteiger partial charge is 0.230 e. The van der Waals surface area contributed by atoms with E-state index in [2.05, 4.69) is 17.5 Å². The van der Waals surface area contributed by atoms with Crippen molar-refractivity contribution < 1.29 is 4.79 Å². The monoisotopic (exact) mass is 414 g/mol. The molecule has 1 aromatic carbocycles. The minimum atomic E-state index is 0.116. The average molecular weight is 415 g/mol. The molecule has 0 bridgehead atoms. The van der Waals surface area contributed by atoms with Crippen molar-refractivity contribution in [2.24, 2.45) is 0 Å². The molecule has 148 valence electrons. The Labute approximate surface area is 176 Å². The molecule has 3 nitrogen and oxygen atoms in total. The van der Waals surface area contributed by atoms with Crippen molar-refractivity contribution in [1.29, 1.82) is 0 Å². The normalized spacial score (nSPS) is 16.5. The molecule has 0 fully saturated rings. The SMILES string of the molecule is O=C(CSc1c2c(nc3cc(Cl)ccc13)CCCC2)NCCC1=CCCCC1. The zero-order chi connectivity index (χ0) is 19.3. The fourth-order valence-electron chi connectivity index (χ4n) is 4.20. The lowest BCUT2D eigenvalue weighted by molar-refractivity contribution is -0.118. The van der Waals surface area contributed by atoms with E-state index in [4.69, 9.17) is 16.6 Å². The topological polar surface area (TPSA) is 42.0 Å². The molecular weight excluding hydrogens is 388 g/mol. The lowest BCUT2D eigenvalue weighted by atomic mass is 9.94. The molecule has 1 amide bonds. The molecule has 0 saturated heterocycles. The summed E-state index contributed by atoms with van der Waals surface area (Å²) in [6.45, 7) is 0.746. The standard InChI is InChI=1S/C23H27ClN2OS/c24-17-10-11-19-21(14-17)26-20-9-5-4-8-18(20)23(19)28-15-22(27)25-13-12-16-6-2-1-3-7-16/h6,10-11,14H,1-5,7-9,12-13,15H2,(H,25,27). The van der Waals surface area contributed by atoms with E-state index >= 15 is 0 Å². The summed E-state index contributed by atoms with van der Waals surface area (Å²) < 4.78 is 0. The first-order valence-electron chi connectivity index (χ1n) is 10.4. The van der Waals surface area contributed by atoms with Gasteiger partial charge in [-0.3, -0.25) is 9.78 Å². The second-order valence-electron chi connectivity index (χ2n) is 7.73. The number of hydrogen-bond acceptors (Lipinski definition) is 3. The molecule has 0 aliphatic heterocycles. The highest BCUT2D eigenvalue weighted by molar-refractivity contribution is 8.00. The van der Waals surface area contributed by atoms with E-state index in [-0.39, 0.29) is 5.91 Å². The second kappa shape index (κ2) is 9.32. The number of amides is 1. The predicted molar refractivity (Wildman–Crippen MR) is 118 cm³/mol. The Bertz CT molecular complexity index is 909. The van der Waals surface area contributed by atoms with Crippen LogP contribution in [0.15, 0.2) is 34.7 Å². The largest absolute Gasteiger partial charge is 0.355 e. The number of nitrogens with one attached hydrogen (secondary N) is 1. The number of nitrogens with zero attached hydrogens (tertiary/aromatic N) is 1. The molecule has 0 spiro atoms. The number of carbonyl (C=O) groups excluding carboxylic acids is 1. The number of halogens is 1. The van der Waals surface area contributed by atoms with Crippen LogP contribution in [0.3, 0.4) is 0 Å². The van der Waals surface area contributed by atoms with Gasteiger partial charge >= 0.3 is 0 Å². The van der Waals surface area contributed by atoms with Gasteiger partial charge in [0.25, 0.3) is 0 Å². The first-order valence-corrected chi connectivity index (χ1v) is 11.8. The maximum absolute atomic E-state index is 12.4. The van der Waals surface area contributed by atoms with Crippen LogP contribution in [0, 0.1) is 0 Å². The second-order valence-corrected chi connectivity index (χ2v) is 9.15. The summed E-state index contributed by atoms with van der Waals surface area (Å²) in [6, 6.07) is 5.91. The molecule has 0 unspecified atom stereocenters. The van der Waals surface area contributed by atoms with E-state index in [1.165, 1.54) is 60.3 Å². The summed E-state index contributed by atoms with van der Waals surface area (Å²) >= 11 is 7.84. The Hall–Kier alpha value is -1.52. The first kappa shape index (κ1) is 19.8. The van der Waals surface area contributed by atoms with Crippen LogP contribution in [0.2, 0.25) is 5.02 Å². The summed E-state index contributed by atoms with van der Waals surface area (Å²) in [5.74, 6) is 0.567. The van der Waals surface area contributed by atoms with Crippen LogP contribution in [-0.4, -0.2) is 23.2 Å². The highest BCUT2D eigenvalue weighted by Gasteiger charge is 2.19.